The molecule has 0 aromatic heterocycles. The zero-order chi connectivity index (χ0) is 10.6. The van der Waals surface area contributed by atoms with Crippen molar-refractivity contribution < 1.29 is 9.90 Å². The number of rotatable bonds is 4. The molecule has 1 rings (SSSR count). The quantitative estimate of drug-likeness (QED) is 0.833. The number of hydrogen-bond donors (Lipinski definition) is 1. The molecule has 1 aromatic carbocycles. The van der Waals surface area contributed by atoms with Crippen LogP contribution in [0.4, 0.5) is 0 Å². The molecule has 3 heteroatoms. The van der Waals surface area contributed by atoms with Crippen LogP contribution in [0.3, 0.4) is 0 Å². The third-order valence-electron chi connectivity index (χ3n) is 2.15. The number of carboxylic acid groups (broad SMARTS) is 1. The number of halogens is 1. The van der Waals surface area contributed by atoms with Gasteiger partial charge in [0.2, 0.25) is 0 Å². The minimum atomic E-state index is -0.746. The zero-order valence-electron chi connectivity index (χ0n) is 8.09. The molecule has 76 valence electrons. The Hall–Kier alpha value is -1.02. The molecule has 0 amide bonds. The Morgan fingerprint density at radius 1 is 1.50 bits per heavy atom. The van der Waals surface area contributed by atoms with Crippen molar-refractivity contribution in [1.29, 1.82) is 0 Å². The van der Waals surface area contributed by atoms with Gasteiger partial charge in [0.1, 0.15) is 0 Å². The summed E-state index contributed by atoms with van der Waals surface area (Å²) in [5.74, 6) is -0.746. The van der Waals surface area contributed by atoms with E-state index in [2.05, 4.69) is 0 Å². The lowest BCUT2D eigenvalue weighted by atomic mass is 10.0. The SMILES string of the molecule is Cc1ccc(Cl)cc1CCCC(=O)O. The van der Waals surface area contributed by atoms with Crippen LogP contribution >= 0.6 is 11.6 Å². The summed E-state index contributed by atoms with van der Waals surface area (Å²) >= 11 is 5.84. The number of benzene rings is 1. The molecule has 0 aliphatic heterocycles. The second-order valence-corrected chi connectivity index (χ2v) is 3.75. The summed E-state index contributed by atoms with van der Waals surface area (Å²) in [6.45, 7) is 2.01. The maximum absolute atomic E-state index is 10.3. The highest BCUT2D eigenvalue weighted by Gasteiger charge is 2.01. The number of aliphatic carboxylic acids is 1. The van der Waals surface area contributed by atoms with Gasteiger partial charge < -0.3 is 5.11 Å². The number of carbonyl (C=O) groups is 1. The highest BCUT2D eigenvalue weighted by Crippen LogP contribution is 2.17. The molecular formula is C11H13ClO2. The van der Waals surface area contributed by atoms with E-state index in [4.69, 9.17) is 16.7 Å². The lowest BCUT2D eigenvalue weighted by Gasteiger charge is -2.04. The molecule has 14 heavy (non-hydrogen) atoms. The highest BCUT2D eigenvalue weighted by molar-refractivity contribution is 6.30. The summed E-state index contributed by atoms with van der Waals surface area (Å²) in [5, 5.41) is 9.20. The molecule has 0 fully saturated rings. The lowest BCUT2D eigenvalue weighted by molar-refractivity contribution is -0.137. The summed E-state index contributed by atoms with van der Waals surface area (Å²) < 4.78 is 0. The van der Waals surface area contributed by atoms with Crippen LogP contribution in [0.25, 0.3) is 0 Å². The maximum atomic E-state index is 10.3. The first-order valence-corrected chi connectivity index (χ1v) is 4.94. The topological polar surface area (TPSA) is 37.3 Å². The summed E-state index contributed by atoms with van der Waals surface area (Å²) in [7, 11) is 0. The van der Waals surface area contributed by atoms with Crippen LogP contribution in [0.2, 0.25) is 5.02 Å². The monoisotopic (exact) mass is 212 g/mol. The van der Waals surface area contributed by atoms with Crippen LogP contribution in [0, 0.1) is 6.92 Å². The van der Waals surface area contributed by atoms with Crippen molar-refractivity contribution in [3.63, 3.8) is 0 Å². The van der Waals surface area contributed by atoms with Gasteiger partial charge in [-0.05, 0) is 43.0 Å². The predicted molar refractivity (Wildman–Crippen MR) is 56.8 cm³/mol. The van der Waals surface area contributed by atoms with Gasteiger partial charge in [0, 0.05) is 11.4 Å². The molecule has 0 bridgehead atoms. The number of carboxylic acids is 1. The van der Waals surface area contributed by atoms with Crippen molar-refractivity contribution in [3.05, 3.63) is 34.3 Å². The second kappa shape index (κ2) is 5.01. The van der Waals surface area contributed by atoms with E-state index >= 15 is 0 Å². The Morgan fingerprint density at radius 3 is 2.86 bits per heavy atom. The van der Waals surface area contributed by atoms with Gasteiger partial charge in [-0.1, -0.05) is 17.7 Å². The van der Waals surface area contributed by atoms with E-state index in [1.807, 2.05) is 25.1 Å². The number of hydrogen-bond acceptors (Lipinski definition) is 1. The molecule has 2 nitrogen and oxygen atoms in total. The van der Waals surface area contributed by atoms with Gasteiger partial charge in [0.15, 0.2) is 0 Å². The first-order chi connectivity index (χ1) is 6.59. The van der Waals surface area contributed by atoms with Crippen LogP contribution in [-0.4, -0.2) is 11.1 Å². The van der Waals surface area contributed by atoms with Gasteiger partial charge in [-0.3, -0.25) is 4.79 Å². The van der Waals surface area contributed by atoms with Gasteiger partial charge >= 0.3 is 5.97 Å². The highest BCUT2D eigenvalue weighted by atomic mass is 35.5. The van der Waals surface area contributed by atoms with Crippen molar-refractivity contribution in [1.82, 2.24) is 0 Å². The van der Waals surface area contributed by atoms with Crippen LogP contribution in [0.15, 0.2) is 18.2 Å². The molecular weight excluding hydrogens is 200 g/mol. The Labute approximate surface area is 88.5 Å². The van der Waals surface area contributed by atoms with Crippen LogP contribution in [0.1, 0.15) is 24.0 Å². The first kappa shape index (κ1) is 11.1. The van der Waals surface area contributed by atoms with E-state index < -0.39 is 5.97 Å². The molecule has 0 aliphatic carbocycles. The van der Waals surface area contributed by atoms with Gasteiger partial charge in [0.05, 0.1) is 0 Å². The van der Waals surface area contributed by atoms with Crippen molar-refractivity contribution >= 4 is 17.6 Å². The normalized spacial score (nSPS) is 10.1. The molecule has 1 N–H and O–H groups in total. The third kappa shape index (κ3) is 3.38. The Morgan fingerprint density at radius 2 is 2.21 bits per heavy atom. The van der Waals surface area contributed by atoms with Gasteiger partial charge in [0.25, 0.3) is 0 Å². The van der Waals surface area contributed by atoms with E-state index in [0.717, 1.165) is 12.0 Å². The zero-order valence-corrected chi connectivity index (χ0v) is 8.84. The van der Waals surface area contributed by atoms with Gasteiger partial charge in [-0.2, -0.15) is 0 Å². The summed E-state index contributed by atoms with van der Waals surface area (Å²) in [6.07, 6.45) is 1.65. The maximum Gasteiger partial charge on any atom is 0.303 e. The molecule has 0 heterocycles. The molecule has 0 radical (unpaired) electrons. The minimum absolute atomic E-state index is 0.214. The smallest absolute Gasteiger partial charge is 0.303 e. The standard InChI is InChI=1S/C11H13ClO2/c1-8-5-6-10(12)7-9(8)3-2-4-11(13)14/h5-7H,2-4H2,1H3,(H,13,14). The Bertz CT molecular complexity index is 334. The average Bonchev–Trinajstić information content (AvgIpc) is 2.10. The van der Waals surface area contributed by atoms with E-state index in [1.165, 1.54) is 5.56 Å². The van der Waals surface area contributed by atoms with Crippen LogP contribution in [-0.2, 0) is 11.2 Å². The summed E-state index contributed by atoms with van der Waals surface area (Å²) in [4.78, 5) is 10.3. The lowest BCUT2D eigenvalue weighted by Crippen LogP contribution is -1.97. The molecule has 1 aromatic rings. The largest absolute Gasteiger partial charge is 0.481 e. The van der Waals surface area contributed by atoms with Gasteiger partial charge in [-0.25, -0.2) is 0 Å². The molecule has 0 saturated heterocycles. The minimum Gasteiger partial charge on any atom is -0.481 e. The van der Waals surface area contributed by atoms with Crippen LogP contribution < -0.4 is 0 Å². The molecule has 0 aliphatic rings. The summed E-state index contributed by atoms with van der Waals surface area (Å²) in [6, 6.07) is 5.70. The second-order valence-electron chi connectivity index (χ2n) is 3.32. The average molecular weight is 213 g/mol. The van der Waals surface area contributed by atoms with E-state index in [-0.39, 0.29) is 6.42 Å². The van der Waals surface area contributed by atoms with Crippen molar-refractivity contribution in [2.75, 3.05) is 0 Å². The molecule has 0 spiro atoms. The van der Waals surface area contributed by atoms with E-state index in [9.17, 15) is 4.79 Å². The van der Waals surface area contributed by atoms with Crippen molar-refractivity contribution in [2.45, 2.75) is 26.2 Å². The first-order valence-electron chi connectivity index (χ1n) is 4.56. The van der Waals surface area contributed by atoms with Crippen LogP contribution in [0.5, 0.6) is 0 Å². The van der Waals surface area contributed by atoms with Crippen molar-refractivity contribution in [3.8, 4) is 0 Å². The molecule has 0 atom stereocenters. The summed E-state index contributed by atoms with van der Waals surface area (Å²) in [5.41, 5.74) is 2.30. The molecule has 0 unspecified atom stereocenters. The number of aryl methyl sites for hydroxylation is 2. The van der Waals surface area contributed by atoms with E-state index in [1.54, 1.807) is 0 Å². The third-order valence-corrected chi connectivity index (χ3v) is 2.38. The Balaban J connectivity index is 2.57. The molecule has 0 saturated carbocycles. The predicted octanol–water partition coefficient (Wildman–Crippen LogP) is 3.06. The fourth-order valence-electron chi connectivity index (χ4n) is 1.34. The Kier molecular flexibility index (Phi) is 3.96. The fourth-order valence-corrected chi connectivity index (χ4v) is 1.53. The van der Waals surface area contributed by atoms with Crippen molar-refractivity contribution in [2.24, 2.45) is 0 Å². The van der Waals surface area contributed by atoms with E-state index in [0.29, 0.717) is 11.4 Å². The van der Waals surface area contributed by atoms with Gasteiger partial charge in [-0.15, -0.1) is 0 Å². The fraction of sp³-hybridized carbons (Fsp3) is 0.364.